The highest BCUT2D eigenvalue weighted by Crippen LogP contribution is 2.13. The molecule has 1 N–H and O–H groups in total. The number of amides is 2. The van der Waals surface area contributed by atoms with E-state index in [0.29, 0.717) is 11.3 Å². The number of rotatable bonds is 7. The number of furan rings is 1. The number of benzene rings is 1. The van der Waals surface area contributed by atoms with Gasteiger partial charge in [0.15, 0.2) is 0 Å². The monoisotopic (exact) mass is 372 g/mol. The molecule has 3 aromatic rings. The summed E-state index contributed by atoms with van der Waals surface area (Å²) in [4.78, 5) is 26.5. The number of carbonyl (C=O) groups is 2. The van der Waals surface area contributed by atoms with Crippen molar-refractivity contribution in [2.75, 3.05) is 13.6 Å². The lowest BCUT2D eigenvalue weighted by Gasteiger charge is -2.15. The largest absolute Gasteiger partial charge is 0.467 e. The Morgan fingerprint density at radius 1 is 1.26 bits per heavy atom. The zero-order chi connectivity index (χ0) is 19.2. The quantitative estimate of drug-likeness (QED) is 0.659. The molecular weight excluding hydrogens is 355 g/mol. The Morgan fingerprint density at radius 3 is 2.74 bits per heavy atom. The molecule has 0 unspecified atom stereocenters. The molecule has 140 valence electrons. The number of aromatic nitrogens is 4. The molecule has 2 aromatic heterocycles. The summed E-state index contributed by atoms with van der Waals surface area (Å²) >= 11 is 0. The van der Waals surface area contributed by atoms with Crippen LogP contribution in [0.25, 0.3) is 11.4 Å². The molecule has 3 rings (SSSR count). The van der Waals surface area contributed by atoms with Gasteiger partial charge in [-0.3, -0.25) is 9.59 Å². The summed E-state index contributed by atoms with van der Waals surface area (Å²) < 4.78 is 18.1. The van der Waals surface area contributed by atoms with Gasteiger partial charge in [0.05, 0.1) is 19.4 Å². The van der Waals surface area contributed by atoms with E-state index in [-0.39, 0.29) is 43.1 Å². The van der Waals surface area contributed by atoms with E-state index in [0.717, 1.165) is 4.80 Å². The lowest BCUT2D eigenvalue weighted by molar-refractivity contribution is -0.135. The molecule has 0 aliphatic heterocycles. The number of nitrogens with one attached hydrogen (secondary N) is 1. The van der Waals surface area contributed by atoms with Crippen LogP contribution in [0.1, 0.15) is 5.76 Å². The van der Waals surface area contributed by atoms with Gasteiger partial charge in [-0.25, -0.2) is 4.39 Å². The van der Waals surface area contributed by atoms with Gasteiger partial charge < -0.3 is 14.6 Å². The first-order valence-corrected chi connectivity index (χ1v) is 8.08. The molecule has 0 saturated heterocycles. The van der Waals surface area contributed by atoms with Crippen molar-refractivity contribution in [3.63, 3.8) is 0 Å². The summed E-state index contributed by atoms with van der Waals surface area (Å²) in [6.45, 7) is -0.0330. The van der Waals surface area contributed by atoms with Crippen molar-refractivity contribution >= 4 is 11.8 Å². The fourth-order valence-corrected chi connectivity index (χ4v) is 2.22. The zero-order valence-corrected chi connectivity index (χ0v) is 14.5. The van der Waals surface area contributed by atoms with Crippen LogP contribution in [0, 0.1) is 5.82 Å². The van der Waals surface area contributed by atoms with Crippen LogP contribution in [-0.4, -0.2) is 50.5 Å². The molecule has 0 spiro atoms. The predicted molar refractivity (Wildman–Crippen MR) is 91.4 cm³/mol. The average molecular weight is 372 g/mol. The van der Waals surface area contributed by atoms with E-state index in [1.807, 2.05) is 0 Å². The van der Waals surface area contributed by atoms with E-state index in [1.54, 1.807) is 12.1 Å². The van der Waals surface area contributed by atoms with Crippen LogP contribution in [0.2, 0.25) is 0 Å². The first-order valence-electron chi connectivity index (χ1n) is 8.08. The van der Waals surface area contributed by atoms with Crippen molar-refractivity contribution < 1.29 is 18.4 Å². The lowest BCUT2D eigenvalue weighted by atomic mass is 10.2. The van der Waals surface area contributed by atoms with Crippen molar-refractivity contribution in [3.05, 3.63) is 54.2 Å². The highest BCUT2D eigenvalue weighted by Gasteiger charge is 2.16. The number of tetrazole rings is 1. The van der Waals surface area contributed by atoms with Crippen LogP contribution in [0.4, 0.5) is 4.39 Å². The summed E-state index contributed by atoms with van der Waals surface area (Å²) in [6, 6.07) is 9.08. The van der Waals surface area contributed by atoms with Crippen molar-refractivity contribution in [3.8, 4) is 11.4 Å². The maximum Gasteiger partial charge on any atom is 0.246 e. The topological polar surface area (TPSA) is 106 Å². The molecule has 9 nitrogen and oxygen atoms in total. The van der Waals surface area contributed by atoms with Crippen molar-refractivity contribution in [1.82, 2.24) is 30.4 Å². The Morgan fingerprint density at radius 2 is 2.04 bits per heavy atom. The van der Waals surface area contributed by atoms with Gasteiger partial charge in [-0.15, -0.1) is 10.2 Å². The average Bonchev–Trinajstić information content (AvgIpc) is 3.32. The van der Waals surface area contributed by atoms with E-state index in [9.17, 15) is 14.0 Å². The van der Waals surface area contributed by atoms with Crippen LogP contribution in [-0.2, 0) is 22.7 Å². The molecule has 0 aliphatic rings. The molecule has 0 atom stereocenters. The second-order valence-electron chi connectivity index (χ2n) is 5.76. The van der Waals surface area contributed by atoms with E-state index in [1.165, 1.54) is 42.5 Å². The minimum Gasteiger partial charge on any atom is -0.467 e. The van der Waals surface area contributed by atoms with Crippen LogP contribution < -0.4 is 5.32 Å². The van der Waals surface area contributed by atoms with E-state index in [2.05, 4.69) is 20.7 Å². The number of halogens is 1. The Labute approximate surface area is 153 Å². The second-order valence-corrected chi connectivity index (χ2v) is 5.76. The molecular formula is C17H17FN6O3. The first-order chi connectivity index (χ1) is 13.0. The van der Waals surface area contributed by atoms with E-state index >= 15 is 0 Å². The van der Waals surface area contributed by atoms with Crippen LogP contribution in [0.5, 0.6) is 0 Å². The minimum absolute atomic E-state index is 0.112. The molecule has 0 bridgehead atoms. The predicted octanol–water partition coefficient (Wildman–Crippen LogP) is 0.847. The number of carbonyl (C=O) groups excluding carboxylic acids is 2. The van der Waals surface area contributed by atoms with Crippen LogP contribution >= 0.6 is 0 Å². The fourth-order valence-electron chi connectivity index (χ4n) is 2.22. The standard InChI is InChI=1S/C17H17FN6O3/c1-23(10-15(25)19-9-14-3-2-8-27-14)16(26)11-24-21-17(20-22-24)12-4-6-13(18)7-5-12/h2-8H,9-11H2,1H3,(H,19,25). The summed E-state index contributed by atoms with van der Waals surface area (Å²) in [5, 5.41) is 14.4. The smallest absolute Gasteiger partial charge is 0.246 e. The van der Waals surface area contributed by atoms with Crippen molar-refractivity contribution in [2.24, 2.45) is 0 Å². The summed E-state index contributed by atoms with van der Waals surface area (Å²) in [7, 11) is 1.51. The molecule has 2 amide bonds. The Bertz CT molecular complexity index is 907. The van der Waals surface area contributed by atoms with E-state index in [4.69, 9.17) is 4.42 Å². The molecule has 27 heavy (non-hydrogen) atoms. The fraction of sp³-hybridized carbons (Fsp3) is 0.235. The third-order valence-electron chi connectivity index (χ3n) is 3.68. The molecule has 1 aromatic carbocycles. The maximum atomic E-state index is 13.0. The highest BCUT2D eigenvalue weighted by atomic mass is 19.1. The second kappa shape index (κ2) is 8.21. The SMILES string of the molecule is CN(CC(=O)NCc1ccco1)C(=O)Cn1nnc(-c2ccc(F)cc2)n1. The number of hydrogen-bond donors (Lipinski definition) is 1. The van der Waals surface area contributed by atoms with Crippen LogP contribution in [0.3, 0.4) is 0 Å². The Kier molecular flexibility index (Phi) is 5.55. The third kappa shape index (κ3) is 4.97. The maximum absolute atomic E-state index is 13.0. The number of nitrogens with zero attached hydrogens (tertiary/aromatic N) is 5. The van der Waals surface area contributed by atoms with Gasteiger partial charge in [0, 0.05) is 12.6 Å². The lowest BCUT2D eigenvalue weighted by Crippen LogP contribution is -2.39. The van der Waals surface area contributed by atoms with Crippen LogP contribution in [0.15, 0.2) is 47.1 Å². The molecule has 0 fully saturated rings. The van der Waals surface area contributed by atoms with Gasteiger partial charge in [-0.05, 0) is 41.6 Å². The van der Waals surface area contributed by atoms with Gasteiger partial charge in [0.1, 0.15) is 18.1 Å². The zero-order valence-electron chi connectivity index (χ0n) is 14.5. The number of hydrogen-bond acceptors (Lipinski definition) is 6. The van der Waals surface area contributed by atoms with Gasteiger partial charge in [-0.1, -0.05) is 0 Å². The van der Waals surface area contributed by atoms with E-state index < -0.39 is 0 Å². The molecule has 0 saturated carbocycles. The molecule has 0 aliphatic carbocycles. The summed E-state index contributed by atoms with van der Waals surface area (Å²) in [5.74, 6) is -0.139. The normalized spacial score (nSPS) is 10.6. The van der Waals surface area contributed by atoms with Crippen molar-refractivity contribution in [1.29, 1.82) is 0 Å². The summed E-state index contributed by atoms with van der Waals surface area (Å²) in [5.41, 5.74) is 0.584. The minimum atomic E-state index is -0.367. The van der Waals surface area contributed by atoms with Gasteiger partial charge in [0.25, 0.3) is 0 Å². The molecule has 0 radical (unpaired) electrons. The summed E-state index contributed by atoms with van der Waals surface area (Å²) in [6.07, 6.45) is 1.52. The molecule has 2 heterocycles. The Balaban J connectivity index is 1.50. The van der Waals surface area contributed by atoms with Gasteiger partial charge in [0.2, 0.25) is 17.6 Å². The van der Waals surface area contributed by atoms with Gasteiger partial charge >= 0.3 is 0 Å². The number of likely N-dealkylation sites (N-methyl/N-ethyl adjacent to an activating group) is 1. The van der Waals surface area contributed by atoms with Gasteiger partial charge in [-0.2, -0.15) is 4.80 Å². The van der Waals surface area contributed by atoms with Crippen molar-refractivity contribution in [2.45, 2.75) is 13.1 Å². The Hall–Kier alpha value is -3.56. The highest BCUT2D eigenvalue weighted by molar-refractivity contribution is 5.84. The molecule has 10 heteroatoms. The third-order valence-corrected chi connectivity index (χ3v) is 3.68. The first kappa shape index (κ1) is 18.2.